The zero-order valence-corrected chi connectivity index (χ0v) is 11.5. The standard InChI is InChI=1S/C14H24N2O2/c1-3-11(2)10-16-12(17)9-15-13(18)14(16)7-5-4-6-8-14/h11H,3-10H2,1-2H3,(H,15,18). The fourth-order valence-electron chi connectivity index (χ4n) is 3.13. The van der Waals surface area contributed by atoms with Crippen molar-refractivity contribution in [1.82, 2.24) is 10.2 Å². The van der Waals surface area contributed by atoms with Crippen LogP contribution in [0.1, 0.15) is 52.4 Å². The normalized spacial score (nSPS) is 25.1. The third-order valence-corrected chi connectivity index (χ3v) is 4.51. The second-order valence-corrected chi connectivity index (χ2v) is 5.79. The molecule has 1 unspecified atom stereocenters. The minimum Gasteiger partial charge on any atom is -0.345 e. The van der Waals surface area contributed by atoms with Crippen LogP contribution in [-0.2, 0) is 9.59 Å². The van der Waals surface area contributed by atoms with Crippen molar-refractivity contribution in [3.05, 3.63) is 0 Å². The van der Waals surface area contributed by atoms with Crippen LogP contribution in [0.25, 0.3) is 0 Å². The van der Waals surface area contributed by atoms with Crippen LogP contribution in [0.4, 0.5) is 0 Å². The van der Waals surface area contributed by atoms with E-state index in [2.05, 4.69) is 19.2 Å². The monoisotopic (exact) mass is 252 g/mol. The molecule has 1 heterocycles. The van der Waals surface area contributed by atoms with Crippen molar-refractivity contribution < 1.29 is 9.59 Å². The maximum atomic E-state index is 12.3. The van der Waals surface area contributed by atoms with Gasteiger partial charge in [-0.2, -0.15) is 0 Å². The number of nitrogens with one attached hydrogen (secondary N) is 1. The van der Waals surface area contributed by atoms with Gasteiger partial charge in [0, 0.05) is 6.54 Å². The largest absolute Gasteiger partial charge is 0.345 e. The van der Waals surface area contributed by atoms with Crippen molar-refractivity contribution in [1.29, 1.82) is 0 Å². The number of carbonyl (C=O) groups is 2. The molecule has 102 valence electrons. The fourth-order valence-corrected chi connectivity index (χ4v) is 3.13. The number of hydrogen-bond acceptors (Lipinski definition) is 2. The van der Waals surface area contributed by atoms with Crippen LogP contribution in [-0.4, -0.2) is 35.3 Å². The molecule has 0 aromatic heterocycles. The van der Waals surface area contributed by atoms with Crippen molar-refractivity contribution >= 4 is 11.8 Å². The van der Waals surface area contributed by atoms with E-state index >= 15 is 0 Å². The summed E-state index contributed by atoms with van der Waals surface area (Å²) in [6.07, 6.45) is 6.00. The lowest BCUT2D eigenvalue weighted by atomic mass is 9.77. The second-order valence-electron chi connectivity index (χ2n) is 5.79. The lowest BCUT2D eigenvalue weighted by molar-refractivity contribution is -0.157. The average Bonchev–Trinajstić information content (AvgIpc) is 2.40. The lowest BCUT2D eigenvalue weighted by Crippen LogP contribution is -2.68. The van der Waals surface area contributed by atoms with E-state index in [1.807, 2.05) is 4.90 Å². The topological polar surface area (TPSA) is 49.4 Å². The molecule has 4 nitrogen and oxygen atoms in total. The Morgan fingerprint density at radius 3 is 2.56 bits per heavy atom. The quantitative estimate of drug-likeness (QED) is 0.831. The SMILES string of the molecule is CCC(C)CN1C(=O)CNC(=O)C12CCCCC2. The first-order valence-electron chi connectivity index (χ1n) is 7.19. The maximum Gasteiger partial charge on any atom is 0.246 e. The molecule has 4 heteroatoms. The number of nitrogens with zero attached hydrogens (tertiary/aromatic N) is 1. The predicted octanol–water partition coefficient (Wildman–Crippen LogP) is 1.69. The molecule has 0 aromatic rings. The third kappa shape index (κ3) is 2.25. The van der Waals surface area contributed by atoms with Crippen LogP contribution in [0.3, 0.4) is 0 Å². The zero-order chi connectivity index (χ0) is 13.2. The van der Waals surface area contributed by atoms with Gasteiger partial charge in [-0.25, -0.2) is 0 Å². The summed E-state index contributed by atoms with van der Waals surface area (Å²) in [6.45, 7) is 5.18. The van der Waals surface area contributed by atoms with E-state index in [1.54, 1.807) is 0 Å². The minimum absolute atomic E-state index is 0.0742. The first-order chi connectivity index (χ1) is 8.60. The number of piperazine rings is 1. The molecule has 2 rings (SSSR count). The third-order valence-electron chi connectivity index (χ3n) is 4.51. The van der Waals surface area contributed by atoms with Gasteiger partial charge in [-0.1, -0.05) is 39.5 Å². The number of carbonyl (C=O) groups excluding carboxylic acids is 2. The summed E-state index contributed by atoms with van der Waals surface area (Å²) < 4.78 is 0. The summed E-state index contributed by atoms with van der Waals surface area (Å²) >= 11 is 0. The molecule has 1 spiro atoms. The Balaban J connectivity index is 2.23. The fraction of sp³-hybridized carbons (Fsp3) is 0.857. The molecule has 0 radical (unpaired) electrons. The smallest absolute Gasteiger partial charge is 0.246 e. The van der Waals surface area contributed by atoms with Crippen LogP contribution in [0.15, 0.2) is 0 Å². The van der Waals surface area contributed by atoms with Gasteiger partial charge in [0.2, 0.25) is 11.8 Å². The van der Waals surface area contributed by atoms with Crippen molar-refractivity contribution in [3.63, 3.8) is 0 Å². The Bertz CT molecular complexity index is 335. The van der Waals surface area contributed by atoms with Gasteiger partial charge in [0.25, 0.3) is 0 Å². The van der Waals surface area contributed by atoms with Crippen molar-refractivity contribution in [2.75, 3.05) is 13.1 Å². The highest BCUT2D eigenvalue weighted by atomic mass is 16.2. The lowest BCUT2D eigenvalue weighted by Gasteiger charge is -2.48. The summed E-state index contributed by atoms with van der Waals surface area (Å²) in [5.74, 6) is 0.626. The molecule has 1 saturated carbocycles. The van der Waals surface area contributed by atoms with Crippen molar-refractivity contribution in [2.24, 2.45) is 5.92 Å². The van der Waals surface area contributed by atoms with Gasteiger partial charge < -0.3 is 10.2 Å². The van der Waals surface area contributed by atoms with E-state index in [1.165, 1.54) is 6.42 Å². The molecule has 2 aliphatic rings. The summed E-state index contributed by atoms with van der Waals surface area (Å²) in [4.78, 5) is 26.4. The highest BCUT2D eigenvalue weighted by molar-refractivity contribution is 5.98. The molecule has 1 atom stereocenters. The Kier molecular flexibility index (Phi) is 3.93. The molecule has 2 amide bonds. The van der Waals surface area contributed by atoms with Crippen LogP contribution in [0, 0.1) is 5.92 Å². The molecule has 0 bridgehead atoms. The molecule has 0 aromatic carbocycles. The van der Waals surface area contributed by atoms with E-state index < -0.39 is 5.54 Å². The molecule has 2 fully saturated rings. The van der Waals surface area contributed by atoms with Gasteiger partial charge in [-0.05, 0) is 18.8 Å². The highest BCUT2D eigenvalue weighted by Crippen LogP contribution is 2.36. The highest BCUT2D eigenvalue weighted by Gasteiger charge is 2.49. The molecular weight excluding hydrogens is 228 g/mol. The van der Waals surface area contributed by atoms with Crippen LogP contribution in [0.5, 0.6) is 0 Å². The molecule has 18 heavy (non-hydrogen) atoms. The van der Waals surface area contributed by atoms with Crippen molar-refractivity contribution in [2.45, 2.75) is 57.9 Å². The number of rotatable bonds is 3. The van der Waals surface area contributed by atoms with E-state index in [4.69, 9.17) is 0 Å². The zero-order valence-electron chi connectivity index (χ0n) is 11.5. The second kappa shape index (κ2) is 5.29. The van der Waals surface area contributed by atoms with Gasteiger partial charge >= 0.3 is 0 Å². The first kappa shape index (κ1) is 13.4. The van der Waals surface area contributed by atoms with Gasteiger partial charge in [0.1, 0.15) is 5.54 Å². The molecular formula is C14H24N2O2. The van der Waals surface area contributed by atoms with Crippen LogP contribution >= 0.6 is 0 Å². The van der Waals surface area contributed by atoms with Gasteiger partial charge in [0.05, 0.1) is 6.54 Å². The van der Waals surface area contributed by atoms with Gasteiger partial charge in [0.15, 0.2) is 0 Å². The van der Waals surface area contributed by atoms with E-state index in [0.29, 0.717) is 5.92 Å². The summed E-state index contributed by atoms with van der Waals surface area (Å²) in [5, 5.41) is 2.78. The Morgan fingerprint density at radius 1 is 1.28 bits per heavy atom. The van der Waals surface area contributed by atoms with E-state index in [9.17, 15) is 9.59 Å². The van der Waals surface area contributed by atoms with E-state index in [-0.39, 0.29) is 18.4 Å². The van der Waals surface area contributed by atoms with Gasteiger partial charge in [-0.15, -0.1) is 0 Å². The average molecular weight is 252 g/mol. The number of amides is 2. The Labute approximate surface area is 109 Å². The van der Waals surface area contributed by atoms with E-state index in [0.717, 1.165) is 38.6 Å². The first-order valence-corrected chi connectivity index (χ1v) is 7.19. The molecule has 1 aliphatic heterocycles. The minimum atomic E-state index is -0.531. The molecule has 1 aliphatic carbocycles. The van der Waals surface area contributed by atoms with Gasteiger partial charge in [-0.3, -0.25) is 9.59 Å². The predicted molar refractivity (Wildman–Crippen MR) is 70.0 cm³/mol. The summed E-state index contributed by atoms with van der Waals surface area (Å²) in [6, 6.07) is 0. The maximum absolute atomic E-state index is 12.3. The van der Waals surface area contributed by atoms with Crippen LogP contribution < -0.4 is 5.32 Å². The Morgan fingerprint density at radius 2 is 1.94 bits per heavy atom. The summed E-state index contributed by atoms with van der Waals surface area (Å²) in [7, 11) is 0. The summed E-state index contributed by atoms with van der Waals surface area (Å²) in [5.41, 5.74) is -0.531. The molecule has 1 saturated heterocycles. The number of hydrogen-bond donors (Lipinski definition) is 1. The van der Waals surface area contributed by atoms with Crippen LogP contribution in [0.2, 0.25) is 0 Å². The van der Waals surface area contributed by atoms with Crippen molar-refractivity contribution in [3.8, 4) is 0 Å². The Hall–Kier alpha value is -1.06. The molecule has 1 N–H and O–H groups in total.